The zero-order valence-electron chi connectivity index (χ0n) is 28.4. The number of nitrogens with zero attached hydrogens (tertiary/aromatic N) is 1. The lowest BCUT2D eigenvalue weighted by Gasteiger charge is -2.13. The number of hydrogen-bond donors (Lipinski definition) is 0. The average Bonchev–Trinajstić information content (AvgIpc) is 3.04. The maximum Gasteiger partial charge on any atom is 0.345 e. The summed E-state index contributed by atoms with van der Waals surface area (Å²) in [6.45, 7) is 10.5. The Hall–Kier alpha value is -3.34. The largest absolute Gasteiger partial charge is 0.494 e. The van der Waals surface area contributed by atoms with Crippen LogP contribution in [0.25, 0.3) is 11.3 Å². The van der Waals surface area contributed by atoms with E-state index >= 15 is 0 Å². The van der Waals surface area contributed by atoms with Crippen molar-refractivity contribution >= 4 is 5.97 Å². The van der Waals surface area contributed by atoms with E-state index < -0.39 is 5.97 Å². The molecule has 0 saturated carbocycles. The fourth-order valence-corrected chi connectivity index (χ4v) is 5.35. The predicted octanol–water partition coefficient (Wildman–Crippen LogP) is 11.5. The summed E-state index contributed by atoms with van der Waals surface area (Å²) in [6.07, 6.45) is 19.6. The van der Waals surface area contributed by atoms with E-state index in [1.54, 1.807) is 24.4 Å². The van der Waals surface area contributed by atoms with E-state index in [-0.39, 0.29) is 0 Å². The molecule has 0 aliphatic rings. The van der Waals surface area contributed by atoms with Gasteiger partial charge in [-0.3, -0.25) is 4.98 Å². The first kappa shape index (κ1) is 36.1. The summed E-state index contributed by atoms with van der Waals surface area (Å²) in [7, 11) is 0. The van der Waals surface area contributed by atoms with Gasteiger partial charge in [-0.05, 0) is 85.3 Å². The molecule has 3 aromatic rings. The van der Waals surface area contributed by atoms with Gasteiger partial charge in [-0.25, -0.2) is 4.79 Å². The number of pyridine rings is 1. The van der Waals surface area contributed by atoms with Crippen molar-refractivity contribution in [3.63, 3.8) is 0 Å². The Labute approximate surface area is 273 Å². The molecule has 45 heavy (non-hydrogen) atoms. The molecule has 2 aromatic carbocycles. The summed E-state index contributed by atoms with van der Waals surface area (Å²) in [5.74, 6) is 3.12. The van der Waals surface area contributed by atoms with Crippen LogP contribution in [0.1, 0.15) is 128 Å². The number of benzene rings is 2. The fourth-order valence-electron chi connectivity index (χ4n) is 5.35. The molecule has 5 nitrogen and oxygen atoms in total. The lowest BCUT2D eigenvalue weighted by atomic mass is 9.98. The summed E-state index contributed by atoms with van der Waals surface area (Å²) in [4.78, 5) is 17.2. The number of hydrogen-bond acceptors (Lipinski definition) is 5. The molecule has 0 radical (unpaired) electrons. The standard InChI is InChI=1S/C40H57NO4/c1-5-6-7-8-9-10-11-12-13-14-29-43-36-21-18-34(19-22-36)39-27-20-35(31-41-39)40(42)45-38-25-23-37(24-26-38)44-30-28-33(4)17-15-16-32(2)3/h18-27,31-33H,5-17,28-30H2,1-4H3/t33-/m0/s1. The molecular weight excluding hydrogens is 558 g/mol. The first-order chi connectivity index (χ1) is 21.9. The minimum absolute atomic E-state index is 0.405. The van der Waals surface area contributed by atoms with E-state index in [0.717, 1.165) is 48.1 Å². The highest BCUT2D eigenvalue weighted by atomic mass is 16.5. The van der Waals surface area contributed by atoms with E-state index in [1.807, 2.05) is 42.5 Å². The van der Waals surface area contributed by atoms with Crippen LogP contribution in [0.4, 0.5) is 0 Å². The SMILES string of the molecule is CCCCCCCCCCCCOc1ccc(-c2ccc(C(=O)Oc3ccc(OCC[C@@H](C)CCCC(C)C)cc3)cn2)cc1. The van der Waals surface area contributed by atoms with Crippen LogP contribution in [-0.2, 0) is 0 Å². The maximum atomic E-state index is 12.7. The Morgan fingerprint density at radius 2 is 1.20 bits per heavy atom. The Morgan fingerprint density at radius 3 is 1.80 bits per heavy atom. The number of rotatable bonds is 23. The second-order valence-corrected chi connectivity index (χ2v) is 12.9. The van der Waals surface area contributed by atoms with Crippen LogP contribution in [0.5, 0.6) is 17.2 Å². The molecule has 0 N–H and O–H groups in total. The Morgan fingerprint density at radius 1 is 0.622 bits per heavy atom. The van der Waals surface area contributed by atoms with Crippen molar-refractivity contribution < 1.29 is 19.0 Å². The fraction of sp³-hybridized carbons (Fsp3) is 0.550. The van der Waals surface area contributed by atoms with Gasteiger partial charge in [-0.15, -0.1) is 0 Å². The molecule has 0 unspecified atom stereocenters. The molecule has 0 saturated heterocycles. The van der Waals surface area contributed by atoms with Gasteiger partial charge in [0.1, 0.15) is 17.2 Å². The minimum Gasteiger partial charge on any atom is -0.494 e. The second-order valence-electron chi connectivity index (χ2n) is 12.9. The van der Waals surface area contributed by atoms with Crippen LogP contribution >= 0.6 is 0 Å². The first-order valence-corrected chi connectivity index (χ1v) is 17.6. The number of carbonyl (C=O) groups excluding carboxylic acids is 1. The molecule has 0 amide bonds. The van der Waals surface area contributed by atoms with Gasteiger partial charge in [0.25, 0.3) is 0 Å². The molecule has 246 valence electrons. The van der Waals surface area contributed by atoms with Crippen LogP contribution < -0.4 is 14.2 Å². The van der Waals surface area contributed by atoms with Crippen molar-refractivity contribution in [3.8, 4) is 28.5 Å². The molecule has 1 heterocycles. The van der Waals surface area contributed by atoms with Crippen molar-refractivity contribution in [2.75, 3.05) is 13.2 Å². The van der Waals surface area contributed by atoms with Crippen LogP contribution in [0, 0.1) is 11.8 Å². The zero-order valence-corrected chi connectivity index (χ0v) is 28.4. The van der Waals surface area contributed by atoms with E-state index in [9.17, 15) is 4.79 Å². The van der Waals surface area contributed by atoms with Gasteiger partial charge in [0, 0.05) is 11.8 Å². The van der Waals surface area contributed by atoms with Crippen LogP contribution in [0.15, 0.2) is 66.9 Å². The lowest BCUT2D eigenvalue weighted by Crippen LogP contribution is -2.09. The van der Waals surface area contributed by atoms with Crippen molar-refractivity contribution in [1.29, 1.82) is 0 Å². The van der Waals surface area contributed by atoms with Crippen molar-refractivity contribution in [3.05, 3.63) is 72.4 Å². The molecular formula is C40H57NO4. The molecule has 1 aromatic heterocycles. The van der Waals surface area contributed by atoms with Crippen LogP contribution in [0.3, 0.4) is 0 Å². The number of aromatic nitrogens is 1. The molecule has 0 spiro atoms. The topological polar surface area (TPSA) is 57.7 Å². The first-order valence-electron chi connectivity index (χ1n) is 17.6. The van der Waals surface area contributed by atoms with Gasteiger partial charge in [-0.2, -0.15) is 0 Å². The number of ether oxygens (including phenoxy) is 3. The van der Waals surface area contributed by atoms with Gasteiger partial charge < -0.3 is 14.2 Å². The smallest absolute Gasteiger partial charge is 0.345 e. The van der Waals surface area contributed by atoms with Gasteiger partial charge in [-0.1, -0.05) is 105 Å². The van der Waals surface area contributed by atoms with Crippen LogP contribution in [-0.4, -0.2) is 24.2 Å². The van der Waals surface area contributed by atoms with Gasteiger partial charge in [0.05, 0.1) is 24.5 Å². The quantitative estimate of drug-likeness (QED) is 0.0603. The molecule has 0 fully saturated rings. The maximum absolute atomic E-state index is 12.7. The van der Waals surface area contributed by atoms with Gasteiger partial charge in [0.15, 0.2) is 0 Å². The van der Waals surface area contributed by atoms with E-state index in [2.05, 4.69) is 32.7 Å². The summed E-state index contributed by atoms with van der Waals surface area (Å²) in [5.41, 5.74) is 2.17. The van der Waals surface area contributed by atoms with Gasteiger partial charge >= 0.3 is 5.97 Å². The Kier molecular flexibility index (Phi) is 17.2. The number of esters is 1. The summed E-state index contributed by atoms with van der Waals surface area (Å²) < 4.78 is 17.4. The average molecular weight is 616 g/mol. The van der Waals surface area contributed by atoms with Crippen molar-refractivity contribution in [2.45, 2.75) is 118 Å². The lowest BCUT2D eigenvalue weighted by molar-refractivity contribution is 0.0734. The number of carbonyl (C=O) groups is 1. The summed E-state index contributed by atoms with van der Waals surface area (Å²) in [6, 6.07) is 18.8. The number of unbranched alkanes of at least 4 members (excludes halogenated alkanes) is 9. The van der Waals surface area contributed by atoms with Crippen molar-refractivity contribution in [2.24, 2.45) is 11.8 Å². The van der Waals surface area contributed by atoms with E-state index in [4.69, 9.17) is 14.2 Å². The molecule has 3 rings (SSSR count). The minimum atomic E-state index is -0.436. The Balaban J connectivity index is 1.33. The van der Waals surface area contributed by atoms with Gasteiger partial charge in [0.2, 0.25) is 0 Å². The normalized spacial score (nSPS) is 11.8. The monoisotopic (exact) mass is 615 g/mol. The van der Waals surface area contributed by atoms with E-state index in [1.165, 1.54) is 77.0 Å². The molecule has 0 aliphatic heterocycles. The molecule has 5 heteroatoms. The summed E-state index contributed by atoms with van der Waals surface area (Å²) in [5, 5.41) is 0. The zero-order chi connectivity index (χ0) is 32.1. The molecule has 1 atom stereocenters. The highest BCUT2D eigenvalue weighted by Crippen LogP contribution is 2.23. The molecule has 0 aliphatic carbocycles. The third-order valence-electron chi connectivity index (χ3n) is 8.31. The Bertz CT molecular complexity index is 1190. The summed E-state index contributed by atoms with van der Waals surface area (Å²) >= 11 is 0. The predicted molar refractivity (Wildman–Crippen MR) is 186 cm³/mol. The third-order valence-corrected chi connectivity index (χ3v) is 8.31. The van der Waals surface area contributed by atoms with Crippen molar-refractivity contribution in [1.82, 2.24) is 4.98 Å². The third kappa shape index (κ3) is 15.0. The highest BCUT2D eigenvalue weighted by Gasteiger charge is 2.11. The second kappa shape index (κ2) is 21.4. The van der Waals surface area contributed by atoms with E-state index in [0.29, 0.717) is 23.8 Å². The molecule has 0 bridgehead atoms. The van der Waals surface area contributed by atoms with Crippen LogP contribution in [0.2, 0.25) is 0 Å². The highest BCUT2D eigenvalue weighted by molar-refractivity contribution is 5.91.